The molecule has 0 aliphatic heterocycles. The van der Waals surface area contributed by atoms with Gasteiger partial charge in [0, 0.05) is 39.6 Å². The maximum absolute atomic E-state index is 8.64. The van der Waals surface area contributed by atoms with Gasteiger partial charge in [0.15, 0.2) is 0 Å². The summed E-state index contributed by atoms with van der Waals surface area (Å²) in [4.78, 5) is 21.3. The summed E-state index contributed by atoms with van der Waals surface area (Å²) in [6.07, 6.45) is 6.10. The summed E-state index contributed by atoms with van der Waals surface area (Å²) >= 11 is 0. The van der Waals surface area contributed by atoms with E-state index in [9.17, 15) is 0 Å². The van der Waals surface area contributed by atoms with Gasteiger partial charge in [-0.15, -0.1) is 0 Å². The van der Waals surface area contributed by atoms with Crippen LogP contribution in [0.1, 0.15) is 11.1 Å². The first kappa shape index (κ1) is 26.0. The van der Waals surface area contributed by atoms with Gasteiger partial charge in [0.1, 0.15) is 12.2 Å². The summed E-state index contributed by atoms with van der Waals surface area (Å²) in [6.45, 7) is 0. The van der Waals surface area contributed by atoms with Crippen LogP contribution in [0.4, 0.5) is 11.4 Å². The van der Waals surface area contributed by atoms with E-state index in [0.29, 0.717) is 0 Å². The summed E-state index contributed by atoms with van der Waals surface area (Å²) in [5.74, 6) is -0.858. The molecule has 2 aromatic rings. The monoisotopic (exact) mass is 449 g/mol. The molecule has 29 heavy (non-hydrogen) atoms. The van der Waals surface area contributed by atoms with Crippen LogP contribution in [0.2, 0.25) is 0 Å². The quantitative estimate of drug-likeness (QED) is 0.383. The third-order valence-corrected chi connectivity index (χ3v) is 3.69. The zero-order valence-corrected chi connectivity index (χ0v) is 18.0. The Labute approximate surface area is 182 Å². The summed E-state index contributed by atoms with van der Waals surface area (Å²) in [7, 11) is 7.92. The number of anilines is 2. The van der Waals surface area contributed by atoms with E-state index in [1.54, 1.807) is 12.2 Å². The van der Waals surface area contributed by atoms with Gasteiger partial charge in [-0.25, -0.2) is 0 Å². The molecule has 0 fully saturated rings. The minimum atomic E-state index is -0.429. The number of hydrogen-bond donors (Lipinski definition) is 0. The predicted molar refractivity (Wildman–Crippen MR) is 121 cm³/mol. The SMILES string of the molecule is CN(C)c1ccc(C=CC(=[OH+])[OH2+])cc1.CN(C)c1ccc(C=CC(=[OH+])[OH2+])cc1.[Cu+2]. The van der Waals surface area contributed by atoms with Crippen molar-refractivity contribution < 1.29 is 36.9 Å². The molecule has 0 atom stereocenters. The van der Waals surface area contributed by atoms with Crippen molar-refractivity contribution in [3.05, 3.63) is 71.8 Å². The first-order valence-corrected chi connectivity index (χ1v) is 8.65. The Balaban J connectivity index is 0.000000523. The largest absolute Gasteiger partial charge is 2.00 e. The predicted octanol–water partition coefficient (Wildman–Crippen LogP) is 1.98. The molecule has 157 valence electrons. The van der Waals surface area contributed by atoms with Crippen molar-refractivity contribution in [2.45, 2.75) is 0 Å². The van der Waals surface area contributed by atoms with Crippen molar-refractivity contribution in [1.29, 1.82) is 0 Å². The molecule has 0 saturated carbocycles. The van der Waals surface area contributed by atoms with Crippen LogP contribution in [-0.2, 0) is 17.1 Å². The molecule has 0 spiro atoms. The molecule has 0 aliphatic rings. The minimum Gasteiger partial charge on any atom is -0.520 e. The molecule has 0 aromatic heterocycles. The van der Waals surface area contributed by atoms with Crippen molar-refractivity contribution in [2.75, 3.05) is 38.0 Å². The summed E-state index contributed by atoms with van der Waals surface area (Å²) < 4.78 is 0. The molecule has 0 aliphatic carbocycles. The van der Waals surface area contributed by atoms with Gasteiger partial charge in [0.05, 0.1) is 0 Å². The second kappa shape index (κ2) is 13.2. The molecule has 7 heteroatoms. The third kappa shape index (κ3) is 10.8. The van der Waals surface area contributed by atoms with E-state index in [-0.39, 0.29) is 17.1 Å². The topological polar surface area (TPSA) is 95.1 Å². The number of benzene rings is 2. The van der Waals surface area contributed by atoms with Gasteiger partial charge >= 0.3 is 29.0 Å². The Bertz CT molecular complexity index is 755. The number of nitrogens with zero attached hydrogens (tertiary/aromatic N) is 2. The van der Waals surface area contributed by atoms with Crippen LogP contribution in [0.15, 0.2) is 60.7 Å². The van der Waals surface area contributed by atoms with Crippen LogP contribution in [0.25, 0.3) is 12.2 Å². The van der Waals surface area contributed by atoms with Crippen LogP contribution in [0.3, 0.4) is 0 Å². The van der Waals surface area contributed by atoms with E-state index in [1.165, 1.54) is 12.2 Å². The van der Waals surface area contributed by atoms with Crippen molar-refractivity contribution in [1.82, 2.24) is 0 Å². The van der Waals surface area contributed by atoms with Crippen LogP contribution >= 0.6 is 0 Å². The fraction of sp³-hybridized carbons (Fsp3) is 0.182. The molecule has 0 unspecified atom stereocenters. The second-order valence-electron chi connectivity index (χ2n) is 6.41. The molecule has 6 nitrogen and oxygen atoms in total. The van der Waals surface area contributed by atoms with Gasteiger partial charge in [-0.1, -0.05) is 24.3 Å². The van der Waals surface area contributed by atoms with E-state index < -0.39 is 11.9 Å². The van der Waals surface area contributed by atoms with Crippen LogP contribution in [0, 0.1) is 0 Å². The van der Waals surface area contributed by atoms with E-state index in [1.807, 2.05) is 86.5 Å². The molecule has 2 rings (SSSR count). The molecule has 2 aromatic carbocycles. The van der Waals surface area contributed by atoms with Gasteiger partial charge in [-0.05, 0) is 47.5 Å². The van der Waals surface area contributed by atoms with E-state index in [2.05, 4.69) is 0 Å². The Morgan fingerprint density at radius 2 is 0.931 bits per heavy atom. The molecular formula is C22H30CuN2O4+6. The fourth-order valence-corrected chi connectivity index (χ4v) is 2.12. The Morgan fingerprint density at radius 1 is 0.655 bits per heavy atom. The van der Waals surface area contributed by atoms with Crippen LogP contribution in [0.5, 0.6) is 0 Å². The first-order valence-electron chi connectivity index (χ1n) is 8.65. The average Bonchev–Trinajstić information content (AvgIpc) is 2.65. The molecule has 1 radical (unpaired) electrons. The summed E-state index contributed by atoms with van der Waals surface area (Å²) in [5, 5.41) is 13.6. The van der Waals surface area contributed by atoms with Gasteiger partial charge in [-0.3, -0.25) is 0 Å². The number of rotatable bonds is 6. The molecular weight excluding hydrogens is 420 g/mol. The van der Waals surface area contributed by atoms with E-state index in [0.717, 1.165) is 22.5 Å². The Hall–Kier alpha value is -3.02. The Morgan fingerprint density at radius 3 is 1.14 bits per heavy atom. The summed E-state index contributed by atoms with van der Waals surface area (Å²) in [6, 6.07) is 15.7. The maximum atomic E-state index is 8.64. The van der Waals surface area contributed by atoms with Crippen molar-refractivity contribution in [3.8, 4) is 0 Å². The van der Waals surface area contributed by atoms with Gasteiger partial charge in [0.2, 0.25) is 0 Å². The molecule has 0 bridgehead atoms. The maximum Gasteiger partial charge on any atom is 2.00 e. The van der Waals surface area contributed by atoms with Crippen molar-refractivity contribution in [3.63, 3.8) is 0 Å². The Kier molecular flexibility index (Phi) is 11.8. The van der Waals surface area contributed by atoms with E-state index in [4.69, 9.17) is 19.8 Å². The third-order valence-electron chi connectivity index (χ3n) is 3.69. The summed E-state index contributed by atoms with van der Waals surface area (Å²) in [5.41, 5.74) is 4.19. The first-order chi connectivity index (χ1) is 13.2. The van der Waals surface area contributed by atoms with Gasteiger partial charge in [-0.2, -0.15) is 9.59 Å². The van der Waals surface area contributed by atoms with Crippen LogP contribution in [-0.4, -0.2) is 59.9 Å². The van der Waals surface area contributed by atoms with E-state index >= 15 is 0 Å². The van der Waals surface area contributed by atoms with Crippen molar-refractivity contribution in [2.24, 2.45) is 0 Å². The minimum absolute atomic E-state index is 0. The molecule has 0 amide bonds. The smallest absolute Gasteiger partial charge is 0.520 e. The molecule has 6 N–H and O–H groups in total. The van der Waals surface area contributed by atoms with Crippen molar-refractivity contribution >= 4 is 35.5 Å². The standard InChI is InChI=1S/2C11H13NO2.Cu/c2*1-12(2)10-6-3-9(4-7-10)5-8-11(13)14;/h2*3-8H,1-2H3,(H,13,14);/q;;+2/p+4. The normalized spacial score (nSPS) is 10.1. The van der Waals surface area contributed by atoms with Gasteiger partial charge < -0.3 is 20.0 Å². The van der Waals surface area contributed by atoms with Crippen LogP contribution < -0.4 is 9.80 Å². The average molecular weight is 450 g/mol. The molecule has 0 heterocycles. The number of hydrogen-bond acceptors (Lipinski definition) is 2. The number of carbonyl (C=O) groups excluding carboxylic acids is 2. The molecule has 0 saturated heterocycles. The zero-order chi connectivity index (χ0) is 21.1. The van der Waals surface area contributed by atoms with Gasteiger partial charge in [0.25, 0.3) is 0 Å². The fourth-order valence-electron chi connectivity index (χ4n) is 2.12. The second-order valence-corrected chi connectivity index (χ2v) is 6.41. The zero-order valence-electron chi connectivity index (χ0n) is 17.0.